The lowest BCUT2D eigenvalue weighted by molar-refractivity contribution is 0.584. The number of hydrogen-bond acceptors (Lipinski definition) is 1. The van der Waals surface area contributed by atoms with Gasteiger partial charge in [0.05, 0.1) is 5.41 Å². The molecule has 1 nitrogen and oxygen atoms in total. The molecule has 5 aromatic rings. The Morgan fingerprint density at radius 3 is 1.82 bits per heavy atom. The fourth-order valence-corrected chi connectivity index (χ4v) is 5.98. The maximum absolute atomic E-state index is 6.73. The smallest absolute Gasteiger partial charge is 0.427 e. The van der Waals surface area contributed by atoms with Crippen molar-refractivity contribution >= 4 is 17.8 Å². The van der Waals surface area contributed by atoms with Gasteiger partial charge in [0.15, 0.2) is 0 Å². The number of hydrogen-bond donors (Lipinski definition) is 0. The van der Waals surface area contributed by atoms with Crippen molar-refractivity contribution in [2.75, 3.05) is 0 Å². The van der Waals surface area contributed by atoms with Crippen LogP contribution in [0.25, 0.3) is 11.1 Å². The van der Waals surface area contributed by atoms with Gasteiger partial charge in [0, 0.05) is 5.56 Å². The molecule has 2 heterocycles. The van der Waals surface area contributed by atoms with Crippen LogP contribution >= 0.6 is 0 Å². The Balaban J connectivity index is 1.68. The van der Waals surface area contributed by atoms with Crippen LogP contribution in [-0.2, 0) is 5.41 Å². The molecule has 2 aliphatic rings. The van der Waals surface area contributed by atoms with Crippen molar-refractivity contribution in [3.05, 3.63) is 150 Å². The highest BCUT2D eigenvalue weighted by Crippen LogP contribution is 2.48. The summed E-state index contributed by atoms with van der Waals surface area (Å²) in [7, 11) is 0. The molecule has 0 radical (unpaired) electrons. The predicted octanol–water partition coefficient (Wildman–Crippen LogP) is 5.55. The summed E-state index contributed by atoms with van der Waals surface area (Å²) >= 11 is 0. The molecular formula is C31H21BO. The molecule has 7 rings (SSSR count). The molecule has 0 aliphatic carbocycles. The summed E-state index contributed by atoms with van der Waals surface area (Å²) < 4.78 is 6.73. The second-order valence-corrected chi connectivity index (χ2v) is 8.83. The first-order valence-electron chi connectivity index (χ1n) is 11.5. The SMILES string of the molecule is c1ccc(C2(c3ccccc3)c3ccccc3B3Oc4ccccc4-c4cccc2c43)cc1. The number of fused-ring (bicyclic) bond motifs is 4. The van der Waals surface area contributed by atoms with Crippen molar-refractivity contribution in [1.82, 2.24) is 0 Å². The second kappa shape index (κ2) is 6.98. The van der Waals surface area contributed by atoms with E-state index in [2.05, 4.69) is 127 Å². The van der Waals surface area contributed by atoms with Gasteiger partial charge in [-0.25, -0.2) is 0 Å². The standard InChI is InChI=1S/C31H21BO/c1-3-12-22(13-4-1)31(23-14-5-2-6-15-23)26-18-8-9-20-28(26)32-30-25(17-11-19-27(30)31)24-16-7-10-21-29(24)33-32/h1-21H. The molecule has 0 aromatic heterocycles. The molecule has 0 fully saturated rings. The van der Waals surface area contributed by atoms with Gasteiger partial charge < -0.3 is 4.65 Å². The molecule has 0 amide bonds. The molecule has 154 valence electrons. The number of benzene rings is 5. The zero-order valence-electron chi connectivity index (χ0n) is 18.1. The zero-order chi connectivity index (χ0) is 21.8. The number of para-hydroxylation sites is 1. The Labute approximate surface area is 194 Å². The van der Waals surface area contributed by atoms with E-state index in [1.165, 1.54) is 44.3 Å². The third-order valence-electron chi connectivity index (χ3n) is 7.26. The monoisotopic (exact) mass is 420 g/mol. The van der Waals surface area contributed by atoms with Gasteiger partial charge in [-0.05, 0) is 44.8 Å². The summed E-state index contributed by atoms with van der Waals surface area (Å²) in [5, 5.41) is 0. The highest BCUT2D eigenvalue weighted by Gasteiger charge is 2.51. The van der Waals surface area contributed by atoms with Gasteiger partial charge in [0.25, 0.3) is 0 Å². The van der Waals surface area contributed by atoms with E-state index < -0.39 is 5.41 Å². The zero-order valence-corrected chi connectivity index (χ0v) is 18.1. The molecule has 0 unspecified atom stereocenters. The Hall–Kier alpha value is -4.04. The van der Waals surface area contributed by atoms with E-state index in [0.29, 0.717) is 0 Å². The molecule has 0 saturated carbocycles. The first-order chi connectivity index (χ1) is 16.4. The second-order valence-electron chi connectivity index (χ2n) is 8.83. The molecule has 0 bridgehead atoms. The van der Waals surface area contributed by atoms with E-state index in [1.54, 1.807) is 0 Å². The Kier molecular flexibility index (Phi) is 3.92. The molecule has 2 heteroatoms. The van der Waals surface area contributed by atoms with Crippen molar-refractivity contribution < 1.29 is 4.65 Å². The van der Waals surface area contributed by atoms with Crippen LogP contribution in [0.5, 0.6) is 5.75 Å². The normalized spacial score (nSPS) is 14.5. The van der Waals surface area contributed by atoms with E-state index in [1.807, 2.05) is 0 Å². The number of rotatable bonds is 2. The summed E-state index contributed by atoms with van der Waals surface area (Å²) in [6.45, 7) is -0.122. The largest absolute Gasteiger partial charge is 0.551 e. The van der Waals surface area contributed by atoms with Crippen molar-refractivity contribution in [3.63, 3.8) is 0 Å². The molecule has 0 spiro atoms. The average molecular weight is 420 g/mol. The van der Waals surface area contributed by atoms with E-state index in [9.17, 15) is 0 Å². The first-order valence-corrected chi connectivity index (χ1v) is 11.5. The van der Waals surface area contributed by atoms with Crippen LogP contribution in [0.2, 0.25) is 0 Å². The van der Waals surface area contributed by atoms with Gasteiger partial charge in [-0.3, -0.25) is 0 Å². The van der Waals surface area contributed by atoms with Crippen LogP contribution in [0, 0.1) is 0 Å². The minimum atomic E-state index is -0.420. The van der Waals surface area contributed by atoms with E-state index in [-0.39, 0.29) is 6.92 Å². The lowest BCUT2D eigenvalue weighted by atomic mass is 9.41. The van der Waals surface area contributed by atoms with Crippen LogP contribution in [0.1, 0.15) is 22.3 Å². The predicted molar refractivity (Wildman–Crippen MR) is 136 cm³/mol. The maximum atomic E-state index is 6.73. The van der Waals surface area contributed by atoms with Crippen LogP contribution in [0.15, 0.2) is 127 Å². The highest BCUT2D eigenvalue weighted by molar-refractivity contribution is 6.83. The van der Waals surface area contributed by atoms with Crippen molar-refractivity contribution in [3.8, 4) is 16.9 Å². The Morgan fingerprint density at radius 2 is 1.06 bits per heavy atom. The summed E-state index contributed by atoms with van der Waals surface area (Å²) in [4.78, 5) is 0. The topological polar surface area (TPSA) is 9.23 Å². The fourth-order valence-electron chi connectivity index (χ4n) is 5.98. The van der Waals surface area contributed by atoms with E-state index >= 15 is 0 Å². The summed E-state index contributed by atoms with van der Waals surface area (Å²) in [6, 6.07) is 45.9. The lowest BCUT2D eigenvalue weighted by Gasteiger charge is -2.45. The molecule has 2 aliphatic heterocycles. The molecule has 5 aromatic carbocycles. The minimum absolute atomic E-state index is 0.122. The first kappa shape index (κ1) is 18.5. The van der Waals surface area contributed by atoms with Crippen molar-refractivity contribution in [1.29, 1.82) is 0 Å². The van der Waals surface area contributed by atoms with E-state index in [4.69, 9.17) is 4.65 Å². The Bertz CT molecular complexity index is 1450. The van der Waals surface area contributed by atoms with E-state index in [0.717, 1.165) is 5.75 Å². The molecule has 33 heavy (non-hydrogen) atoms. The molecular weight excluding hydrogens is 399 g/mol. The quantitative estimate of drug-likeness (QED) is 0.341. The van der Waals surface area contributed by atoms with Gasteiger partial charge >= 0.3 is 6.92 Å². The third-order valence-corrected chi connectivity index (χ3v) is 7.26. The Morgan fingerprint density at radius 1 is 0.485 bits per heavy atom. The van der Waals surface area contributed by atoms with Gasteiger partial charge in [-0.15, -0.1) is 0 Å². The third kappa shape index (κ3) is 2.44. The van der Waals surface area contributed by atoms with Crippen molar-refractivity contribution in [2.45, 2.75) is 5.41 Å². The summed E-state index contributed by atoms with van der Waals surface area (Å²) in [6.07, 6.45) is 0. The minimum Gasteiger partial charge on any atom is -0.551 e. The fraction of sp³-hybridized carbons (Fsp3) is 0.0323. The van der Waals surface area contributed by atoms with Gasteiger partial charge in [0.2, 0.25) is 0 Å². The van der Waals surface area contributed by atoms with Gasteiger partial charge in [-0.1, -0.05) is 121 Å². The molecule has 0 saturated heterocycles. The summed E-state index contributed by atoms with van der Waals surface area (Å²) in [5.41, 5.74) is 9.67. The van der Waals surface area contributed by atoms with Crippen molar-refractivity contribution in [2.24, 2.45) is 0 Å². The lowest BCUT2D eigenvalue weighted by Crippen LogP contribution is -2.61. The highest BCUT2D eigenvalue weighted by atomic mass is 16.4. The molecule has 0 atom stereocenters. The molecule has 0 N–H and O–H groups in total. The van der Waals surface area contributed by atoms with Crippen LogP contribution in [0.4, 0.5) is 0 Å². The van der Waals surface area contributed by atoms with Gasteiger partial charge in [-0.2, -0.15) is 0 Å². The van der Waals surface area contributed by atoms with Crippen LogP contribution in [-0.4, -0.2) is 6.92 Å². The van der Waals surface area contributed by atoms with Crippen LogP contribution < -0.4 is 15.6 Å². The summed E-state index contributed by atoms with van der Waals surface area (Å²) in [5.74, 6) is 0.953. The average Bonchev–Trinajstić information content (AvgIpc) is 2.90. The van der Waals surface area contributed by atoms with Crippen LogP contribution in [0.3, 0.4) is 0 Å². The van der Waals surface area contributed by atoms with Gasteiger partial charge in [0.1, 0.15) is 5.75 Å². The maximum Gasteiger partial charge on any atom is 0.427 e.